The first-order chi connectivity index (χ1) is 9.76. The zero-order valence-corrected chi connectivity index (χ0v) is 12.1. The van der Waals surface area contributed by atoms with Gasteiger partial charge in [-0.15, -0.1) is 5.10 Å². The van der Waals surface area contributed by atoms with Gasteiger partial charge < -0.3 is 10.1 Å². The van der Waals surface area contributed by atoms with Crippen molar-refractivity contribution in [2.75, 3.05) is 12.4 Å². The fourth-order valence-electron chi connectivity index (χ4n) is 1.83. The second kappa shape index (κ2) is 6.79. The summed E-state index contributed by atoms with van der Waals surface area (Å²) in [5.41, 5.74) is 2.99. The molecule has 0 radical (unpaired) electrons. The van der Waals surface area contributed by atoms with E-state index in [1.807, 2.05) is 12.1 Å². The summed E-state index contributed by atoms with van der Waals surface area (Å²) >= 11 is 0. The Morgan fingerprint density at radius 3 is 2.50 bits per heavy atom. The largest absolute Gasteiger partial charge is 0.481 e. The van der Waals surface area contributed by atoms with E-state index in [1.165, 1.54) is 0 Å². The monoisotopic (exact) mass is 273 g/mol. The summed E-state index contributed by atoms with van der Waals surface area (Å²) in [6.07, 6.45) is 3.48. The normalized spacial score (nSPS) is 10.3. The van der Waals surface area contributed by atoms with Gasteiger partial charge in [-0.2, -0.15) is 5.10 Å². The molecule has 2 heterocycles. The van der Waals surface area contributed by atoms with Crippen LogP contribution in [0.3, 0.4) is 0 Å². The Bertz CT molecular complexity index is 556. The molecule has 0 aliphatic carbocycles. The van der Waals surface area contributed by atoms with Crippen molar-refractivity contribution in [3.63, 3.8) is 0 Å². The summed E-state index contributed by atoms with van der Waals surface area (Å²) in [5.74, 6) is 1.15. The molecule has 1 N–H and O–H groups in total. The molecule has 2 rings (SSSR count). The van der Waals surface area contributed by atoms with Gasteiger partial charge in [0, 0.05) is 18.8 Å². The van der Waals surface area contributed by atoms with Gasteiger partial charge in [-0.25, -0.2) is 9.97 Å². The zero-order valence-electron chi connectivity index (χ0n) is 12.1. The lowest BCUT2D eigenvalue weighted by Crippen LogP contribution is -2.09. The van der Waals surface area contributed by atoms with Crippen molar-refractivity contribution in [2.24, 2.45) is 0 Å². The fourth-order valence-corrected chi connectivity index (χ4v) is 1.83. The van der Waals surface area contributed by atoms with Crippen LogP contribution < -0.4 is 10.1 Å². The Labute approximate surface area is 118 Å². The van der Waals surface area contributed by atoms with Gasteiger partial charge in [-0.3, -0.25) is 0 Å². The number of aryl methyl sites for hydroxylation is 2. The molecule has 0 aliphatic heterocycles. The predicted octanol–water partition coefficient (Wildman–Crippen LogP) is 2.01. The smallest absolute Gasteiger partial charge is 0.243 e. The van der Waals surface area contributed by atoms with Crippen LogP contribution in [-0.2, 0) is 19.4 Å². The first-order valence-electron chi connectivity index (χ1n) is 6.72. The third kappa shape index (κ3) is 3.40. The van der Waals surface area contributed by atoms with Gasteiger partial charge in [0.1, 0.15) is 0 Å². The molecular formula is C14H19N5O. The number of pyridine rings is 1. The minimum absolute atomic E-state index is 0.551. The van der Waals surface area contributed by atoms with Crippen molar-refractivity contribution in [2.45, 2.75) is 33.2 Å². The van der Waals surface area contributed by atoms with Gasteiger partial charge in [0.15, 0.2) is 0 Å². The molecule has 0 atom stereocenters. The molecule has 0 amide bonds. The number of nitrogens with zero attached hydrogens (tertiary/aromatic N) is 4. The highest BCUT2D eigenvalue weighted by atomic mass is 16.5. The highest BCUT2D eigenvalue weighted by Crippen LogP contribution is 2.10. The molecule has 0 saturated heterocycles. The molecule has 6 heteroatoms. The number of hydrogen-bond acceptors (Lipinski definition) is 6. The fraction of sp³-hybridized carbons (Fsp3) is 0.429. The van der Waals surface area contributed by atoms with Gasteiger partial charge in [-0.1, -0.05) is 19.9 Å². The van der Waals surface area contributed by atoms with Crippen molar-refractivity contribution in [3.05, 3.63) is 35.3 Å². The Morgan fingerprint density at radius 1 is 1.10 bits per heavy atom. The number of hydrogen-bond donors (Lipinski definition) is 1. The van der Waals surface area contributed by atoms with Crippen LogP contribution in [-0.4, -0.2) is 27.3 Å². The van der Waals surface area contributed by atoms with E-state index < -0.39 is 0 Å². The highest BCUT2D eigenvalue weighted by molar-refractivity contribution is 5.28. The number of nitrogens with one attached hydrogen (secondary N) is 1. The molecule has 0 bridgehead atoms. The standard InChI is InChI=1S/C14H19N5O/c1-4-11-12(5-2)18-19-14(17-11)16-9-10-6-7-13(20-3)15-8-10/h6-8H,4-5,9H2,1-3H3,(H,16,17,19). The lowest BCUT2D eigenvalue weighted by molar-refractivity contribution is 0.397. The van der Waals surface area contributed by atoms with Crippen molar-refractivity contribution >= 4 is 5.95 Å². The Balaban J connectivity index is 2.02. The average molecular weight is 273 g/mol. The van der Waals surface area contributed by atoms with E-state index in [-0.39, 0.29) is 0 Å². The van der Waals surface area contributed by atoms with Gasteiger partial charge in [0.05, 0.1) is 18.5 Å². The average Bonchev–Trinajstić information content (AvgIpc) is 2.53. The van der Waals surface area contributed by atoms with E-state index in [2.05, 4.69) is 39.3 Å². The molecule has 106 valence electrons. The number of ether oxygens (including phenoxy) is 1. The van der Waals surface area contributed by atoms with Crippen LogP contribution in [0.1, 0.15) is 30.8 Å². The van der Waals surface area contributed by atoms with E-state index in [0.717, 1.165) is 29.8 Å². The van der Waals surface area contributed by atoms with E-state index in [9.17, 15) is 0 Å². The first kappa shape index (κ1) is 14.2. The second-order valence-electron chi connectivity index (χ2n) is 4.30. The summed E-state index contributed by atoms with van der Waals surface area (Å²) < 4.78 is 5.02. The lowest BCUT2D eigenvalue weighted by Gasteiger charge is -2.08. The SMILES string of the molecule is CCc1nnc(NCc2ccc(OC)nc2)nc1CC. The van der Waals surface area contributed by atoms with Crippen molar-refractivity contribution in [3.8, 4) is 5.88 Å². The maximum atomic E-state index is 5.02. The van der Waals surface area contributed by atoms with Gasteiger partial charge in [0.25, 0.3) is 0 Å². The maximum absolute atomic E-state index is 5.02. The first-order valence-corrected chi connectivity index (χ1v) is 6.72. The van der Waals surface area contributed by atoms with E-state index in [4.69, 9.17) is 4.74 Å². The lowest BCUT2D eigenvalue weighted by atomic mass is 10.2. The minimum atomic E-state index is 0.551. The molecule has 6 nitrogen and oxygen atoms in total. The molecule has 0 aromatic carbocycles. The molecule has 0 aliphatic rings. The summed E-state index contributed by atoms with van der Waals surface area (Å²) in [6, 6.07) is 3.78. The van der Waals surface area contributed by atoms with Crippen molar-refractivity contribution < 1.29 is 4.74 Å². The number of aromatic nitrogens is 4. The molecular weight excluding hydrogens is 254 g/mol. The Morgan fingerprint density at radius 2 is 1.90 bits per heavy atom. The second-order valence-corrected chi connectivity index (χ2v) is 4.30. The third-order valence-corrected chi connectivity index (χ3v) is 2.97. The number of methoxy groups -OCH3 is 1. The van der Waals surface area contributed by atoms with Crippen LogP contribution in [0.15, 0.2) is 18.3 Å². The molecule has 0 spiro atoms. The van der Waals surface area contributed by atoms with Crippen LogP contribution in [0.25, 0.3) is 0 Å². The van der Waals surface area contributed by atoms with Crippen LogP contribution in [0.5, 0.6) is 5.88 Å². The molecule has 2 aromatic heterocycles. The number of rotatable bonds is 6. The van der Waals surface area contributed by atoms with E-state index >= 15 is 0 Å². The minimum Gasteiger partial charge on any atom is -0.481 e. The zero-order chi connectivity index (χ0) is 14.4. The molecule has 0 unspecified atom stereocenters. The van der Waals surface area contributed by atoms with Crippen LogP contribution in [0, 0.1) is 0 Å². The van der Waals surface area contributed by atoms with Gasteiger partial charge in [0.2, 0.25) is 11.8 Å². The van der Waals surface area contributed by atoms with E-state index in [0.29, 0.717) is 18.4 Å². The molecule has 20 heavy (non-hydrogen) atoms. The van der Waals surface area contributed by atoms with Crippen LogP contribution in [0.2, 0.25) is 0 Å². The maximum Gasteiger partial charge on any atom is 0.243 e. The summed E-state index contributed by atoms with van der Waals surface area (Å²) in [4.78, 5) is 8.63. The quantitative estimate of drug-likeness (QED) is 0.868. The summed E-state index contributed by atoms with van der Waals surface area (Å²) in [5, 5.41) is 11.4. The van der Waals surface area contributed by atoms with Gasteiger partial charge in [-0.05, 0) is 18.4 Å². The summed E-state index contributed by atoms with van der Waals surface area (Å²) in [6.45, 7) is 4.73. The van der Waals surface area contributed by atoms with Crippen molar-refractivity contribution in [1.82, 2.24) is 20.2 Å². The molecule has 0 saturated carbocycles. The predicted molar refractivity (Wildman–Crippen MR) is 76.7 cm³/mol. The van der Waals surface area contributed by atoms with Crippen molar-refractivity contribution in [1.29, 1.82) is 0 Å². The van der Waals surface area contributed by atoms with Crippen LogP contribution >= 0.6 is 0 Å². The van der Waals surface area contributed by atoms with Crippen LogP contribution in [0.4, 0.5) is 5.95 Å². The topological polar surface area (TPSA) is 72.8 Å². The number of anilines is 1. The van der Waals surface area contributed by atoms with Gasteiger partial charge >= 0.3 is 0 Å². The Hall–Kier alpha value is -2.24. The molecule has 2 aromatic rings. The van der Waals surface area contributed by atoms with E-state index in [1.54, 1.807) is 13.3 Å². The highest BCUT2D eigenvalue weighted by Gasteiger charge is 2.06. The third-order valence-electron chi connectivity index (χ3n) is 2.97. The molecule has 0 fully saturated rings. The Kier molecular flexibility index (Phi) is 4.81. The summed E-state index contributed by atoms with van der Waals surface area (Å²) in [7, 11) is 1.60.